The lowest BCUT2D eigenvalue weighted by Gasteiger charge is -2.17. The van der Waals surface area contributed by atoms with Crippen molar-refractivity contribution in [3.63, 3.8) is 0 Å². The summed E-state index contributed by atoms with van der Waals surface area (Å²) in [7, 11) is 1.42. The van der Waals surface area contributed by atoms with Gasteiger partial charge in [0.2, 0.25) is 11.7 Å². The first-order valence-electron chi connectivity index (χ1n) is 10.6. The number of anilines is 1. The van der Waals surface area contributed by atoms with Crippen molar-refractivity contribution < 1.29 is 18.7 Å². The molecule has 0 saturated heterocycles. The van der Waals surface area contributed by atoms with Gasteiger partial charge in [0, 0.05) is 24.4 Å². The van der Waals surface area contributed by atoms with Crippen molar-refractivity contribution in [2.24, 2.45) is 0 Å². The number of rotatable bonds is 6. The van der Waals surface area contributed by atoms with Crippen LogP contribution in [0.25, 0.3) is 22.6 Å². The number of fused-ring (bicyclic) bond motifs is 2. The van der Waals surface area contributed by atoms with E-state index in [2.05, 4.69) is 25.4 Å². The number of hydrogen-bond donors (Lipinski definition) is 1. The van der Waals surface area contributed by atoms with Crippen LogP contribution in [0.1, 0.15) is 35.5 Å². The molecule has 0 bridgehead atoms. The Kier molecular flexibility index (Phi) is 5.17. The second-order valence-corrected chi connectivity index (χ2v) is 8.53. The van der Waals surface area contributed by atoms with E-state index in [9.17, 15) is 14.0 Å². The molecule has 0 aliphatic carbocycles. The number of amides is 1. The standard InChI is InChI=1S/C24H21FN6O3/c1-24(2)17-19(16(32)12-34-3)27-21(28-20(17)29-23(24)33)18-14-8-6-10-26-22(14)31(30-18)11-13-7-4-5-9-15(13)25/h4-10H,11-12H2,1-3H3,(H,27,28,29,33). The van der Waals surface area contributed by atoms with Crippen LogP contribution >= 0.6 is 0 Å². The number of halogens is 1. The maximum Gasteiger partial charge on any atom is 0.235 e. The summed E-state index contributed by atoms with van der Waals surface area (Å²) in [6.07, 6.45) is 1.62. The Balaban J connectivity index is 1.70. The van der Waals surface area contributed by atoms with Gasteiger partial charge in [-0.2, -0.15) is 5.10 Å². The van der Waals surface area contributed by atoms with Gasteiger partial charge in [0.1, 0.15) is 29.6 Å². The van der Waals surface area contributed by atoms with Crippen LogP contribution in [0.15, 0.2) is 42.6 Å². The van der Waals surface area contributed by atoms with Crippen molar-refractivity contribution in [1.29, 1.82) is 0 Å². The third-order valence-corrected chi connectivity index (χ3v) is 5.87. The first kappa shape index (κ1) is 21.8. The molecule has 0 atom stereocenters. The summed E-state index contributed by atoms with van der Waals surface area (Å²) >= 11 is 0. The van der Waals surface area contributed by atoms with Crippen LogP contribution in [-0.2, 0) is 21.5 Å². The summed E-state index contributed by atoms with van der Waals surface area (Å²) in [6.45, 7) is 3.37. The van der Waals surface area contributed by atoms with E-state index < -0.39 is 5.41 Å². The minimum atomic E-state index is -0.986. The molecular formula is C24H21FN6O3. The van der Waals surface area contributed by atoms with E-state index in [4.69, 9.17) is 4.74 Å². The molecule has 1 amide bonds. The number of pyridine rings is 1. The molecule has 0 spiro atoms. The molecule has 4 aromatic rings. The molecule has 0 saturated carbocycles. The number of nitrogens with one attached hydrogen (secondary N) is 1. The molecule has 1 aliphatic rings. The number of ketones is 1. The number of carbonyl (C=O) groups excluding carboxylic acids is 2. The van der Waals surface area contributed by atoms with Crippen LogP contribution in [0.3, 0.4) is 0 Å². The summed E-state index contributed by atoms with van der Waals surface area (Å²) in [5.74, 6) is -0.589. The highest BCUT2D eigenvalue weighted by molar-refractivity contribution is 6.10. The molecule has 9 nitrogen and oxygen atoms in total. The van der Waals surface area contributed by atoms with E-state index >= 15 is 0 Å². The molecule has 0 unspecified atom stereocenters. The number of ether oxygens (including phenoxy) is 1. The first-order valence-corrected chi connectivity index (χ1v) is 10.6. The largest absolute Gasteiger partial charge is 0.376 e. The predicted molar refractivity (Wildman–Crippen MR) is 122 cm³/mol. The molecule has 4 heterocycles. The molecule has 0 radical (unpaired) electrons. The van der Waals surface area contributed by atoms with Crippen molar-refractivity contribution in [1.82, 2.24) is 24.7 Å². The molecule has 0 fully saturated rings. The maximum absolute atomic E-state index is 14.3. The number of aromatic nitrogens is 5. The normalized spacial score (nSPS) is 14.3. The van der Waals surface area contributed by atoms with Gasteiger partial charge in [0.05, 0.1) is 17.3 Å². The van der Waals surface area contributed by atoms with Crippen molar-refractivity contribution in [2.75, 3.05) is 19.0 Å². The molecule has 34 heavy (non-hydrogen) atoms. The van der Waals surface area contributed by atoms with Crippen LogP contribution in [0, 0.1) is 5.82 Å². The lowest BCUT2D eigenvalue weighted by atomic mass is 9.85. The Labute approximate surface area is 194 Å². The lowest BCUT2D eigenvalue weighted by Crippen LogP contribution is -2.29. The van der Waals surface area contributed by atoms with E-state index in [-0.39, 0.29) is 48.0 Å². The van der Waals surface area contributed by atoms with E-state index in [0.717, 1.165) is 0 Å². The summed E-state index contributed by atoms with van der Waals surface area (Å²) in [6, 6.07) is 9.98. The van der Waals surface area contributed by atoms with Gasteiger partial charge in [0.25, 0.3) is 0 Å². The Bertz CT molecular complexity index is 1460. The Morgan fingerprint density at radius 3 is 2.74 bits per heavy atom. The van der Waals surface area contributed by atoms with Gasteiger partial charge in [-0.25, -0.2) is 24.0 Å². The first-order chi connectivity index (χ1) is 16.3. The predicted octanol–water partition coefficient (Wildman–Crippen LogP) is 3.13. The highest BCUT2D eigenvalue weighted by Gasteiger charge is 2.44. The molecule has 1 N–H and O–H groups in total. The van der Waals surface area contributed by atoms with E-state index in [1.54, 1.807) is 55.1 Å². The number of Topliss-reactive ketones (excluding diaryl/α,β-unsaturated/α-hetero) is 1. The molecule has 5 rings (SSSR count). The van der Waals surface area contributed by atoms with Crippen LogP contribution in [-0.4, -0.2) is 50.1 Å². The zero-order valence-corrected chi connectivity index (χ0v) is 18.8. The maximum atomic E-state index is 14.3. The summed E-state index contributed by atoms with van der Waals surface area (Å²) in [5, 5.41) is 8.02. The monoisotopic (exact) mass is 460 g/mol. The minimum Gasteiger partial charge on any atom is -0.376 e. The SMILES string of the molecule is COCC(=O)c1nc(-c2nn(Cc3ccccc3F)c3ncccc23)nc2c1C(C)(C)C(=O)N2. The fourth-order valence-electron chi connectivity index (χ4n) is 4.10. The second kappa shape index (κ2) is 8.07. The number of benzene rings is 1. The third-order valence-electron chi connectivity index (χ3n) is 5.87. The fourth-order valence-corrected chi connectivity index (χ4v) is 4.10. The van der Waals surface area contributed by atoms with Crippen LogP contribution in [0.5, 0.6) is 0 Å². The van der Waals surface area contributed by atoms with Gasteiger partial charge in [-0.3, -0.25) is 9.59 Å². The highest BCUT2D eigenvalue weighted by atomic mass is 19.1. The quantitative estimate of drug-likeness (QED) is 0.440. The van der Waals surface area contributed by atoms with E-state index in [1.807, 2.05) is 0 Å². The van der Waals surface area contributed by atoms with Gasteiger partial charge in [-0.05, 0) is 32.0 Å². The number of nitrogens with zero attached hydrogens (tertiary/aromatic N) is 5. The van der Waals surface area contributed by atoms with Crippen molar-refractivity contribution >= 4 is 28.5 Å². The summed E-state index contributed by atoms with van der Waals surface area (Å²) in [5.41, 5.74) is 0.874. The lowest BCUT2D eigenvalue weighted by molar-refractivity contribution is -0.119. The topological polar surface area (TPSA) is 112 Å². The van der Waals surface area contributed by atoms with Crippen LogP contribution in [0.2, 0.25) is 0 Å². The molecule has 10 heteroatoms. The Morgan fingerprint density at radius 1 is 1.18 bits per heavy atom. The van der Waals surface area contributed by atoms with Gasteiger partial charge >= 0.3 is 0 Å². The zero-order chi connectivity index (χ0) is 24.0. The molecular weight excluding hydrogens is 439 g/mol. The summed E-state index contributed by atoms with van der Waals surface area (Å²) in [4.78, 5) is 39.0. The number of methoxy groups -OCH3 is 1. The van der Waals surface area contributed by atoms with Gasteiger partial charge in [-0.1, -0.05) is 18.2 Å². The van der Waals surface area contributed by atoms with Crippen LogP contribution < -0.4 is 5.32 Å². The minimum absolute atomic E-state index is 0.103. The van der Waals surface area contributed by atoms with Crippen LogP contribution in [0.4, 0.5) is 10.2 Å². The number of hydrogen-bond acceptors (Lipinski definition) is 7. The molecule has 3 aromatic heterocycles. The Morgan fingerprint density at radius 2 is 1.97 bits per heavy atom. The average Bonchev–Trinajstić information content (AvgIpc) is 3.29. The molecule has 1 aromatic carbocycles. The smallest absolute Gasteiger partial charge is 0.235 e. The van der Waals surface area contributed by atoms with Crippen molar-refractivity contribution in [3.05, 3.63) is 65.2 Å². The Hall–Kier alpha value is -4.05. The molecule has 172 valence electrons. The number of carbonyl (C=O) groups is 2. The van der Waals surface area contributed by atoms with Gasteiger partial charge in [-0.15, -0.1) is 0 Å². The van der Waals surface area contributed by atoms with Gasteiger partial charge < -0.3 is 10.1 Å². The van der Waals surface area contributed by atoms with E-state index in [1.165, 1.54) is 13.2 Å². The van der Waals surface area contributed by atoms with Gasteiger partial charge in [0.15, 0.2) is 11.5 Å². The highest BCUT2D eigenvalue weighted by Crippen LogP contribution is 2.39. The van der Waals surface area contributed by atoms with E-state index in [0.29, 0.717) is 27.9 Å². The summed E-state index contributed by atoms with van der Waals surface area (Å²) < 4.78 is 20.9. The van der Waals surface area contributed by atoms with Crippen molar-refractivity contribution in [3.8, 4) is 11.5 Å². The second-order valence-electron chi connectivity index (χ2n) is 8.53. The molecule has 1 aliphatic heterocycles. The zero-order valence-electron chi connectivity index (χ0n) is 18.8. The fraction of sp³-hybridized carbons (Fsp3) is 0.250. The van der Waals surface area contributed by atoms with Crippen molar-refractivity contribution in [2.45, 2.75) is 25.8 Å². The third kappa shape index (κ3) is 3.43. The average molecular weight is 460 g/mol.